The van der Waals surface area contributed by atoms with E-state index in [1.807, 2.05) is 78.9 Å². The van der Waals surface area contributed by atoms with E-state index in [-0.39, 0.29) is 5.69 Å². The number of ether oxygens (including phenoxy) is 1. The van der Waals surface area contributed by atoms with Gasteiger partial charge in [0.15, 0.2) is 0 Å². The number of hydrogen-bond donors (Lipinski definition) is 1. The Morgan fingerprint density at radius 2 is 1.63 bits per heavy atom. The molecule has 0 aliphatic rings. The van der Waals surface area contributed by atoms with Gasteiger partial charge in [-0.3, -0.25) is 0 Å². The van der Waals surface area contributed by atoms with Crippen LogP contribution in [0.4, 0.5) is 0 Å². The van der Waals surface area contributed by atoms with E-state index in [1.165, 1.54) is 11.8 Å². The first-order valence-electron chi connectivity index (χ1n) is 8.43. The molecule has 0 bridgehead atoms. The first-order valence-corrected chi connectivity index (χ1v) is 9.25. The highest BCUT2D eigenvalue weighted by Crippen LogP contribution is 2.41. The number of rotatable bonds is 5. The quantitative estimate of drug-likeness (QED) is 0.501. The zero-order valence-corrected chi connectivity index (χ0v) is 15.4. The van der Waals surface area contributed by atoms with Crippen molar-refractivity contribution in [3.63, 3.8) is 0 Å². The number of carboxylic acid groups (broad SMARTS) is 1. The number of carbonyl (C=O) groups is 1. The predicted octanol–water partition coefficient (Wildman–Crippen LogP) is 5.49. The third kappa shape index (κ3) is 3.17. The maximum absolute atomic E-state index is 12.3. The van der Waals surface area contributed by atoms with Crippen LogP contribution in [0.5, 0.6) is 5.75 Å². The molecule has 0 spiro atoms. The van der Waals surface area contributed by atoms with Crippen molar-refractivity contribution in [2.45, 2.75) is 9.79 Å². The van der Waals surface area contributed by atoms with Crippen molar-refractivity contribution in [3.05, 3.63) is 84.6 Å². The van der Waals surface area contributed by atoms with Gasteiger partial charge in [-0.05, 0) is 42.5 Å². The highest BCUT2D eigenvalue weighted by molar-refractivity contribution is 7.99. The minimum atomic E-state index is -0.965. The third-order valence-corrected chi connectivity index (χ3v) is 5.43. The van der Waals surface area contributed by atoms with Crippen LogP contribution in [0, 0.1) is 0 Å². The molecule has 1 aromatic heterocycles. The molecule has 0 radical (unpaired) electrons. The molecule has 0 unspecified atom stereocenters. The lowest BCUT2D eigenvalue weighted by atomic mass is 10.2. The van der Waals surface area contributed by atoms with Gasteiger partial charge in [-0.2, -0.15) is 0 Å². The Labute approximate surface area is 161 Å². The van der Waals surface area contributed by atoms with Gasteiger partial charge >= 0.3 is 5.97 Å². The Kier molecular flexibility index (Phi) is 4.60. The van der Waals surface area contributed by atoms with Crippen LogP contribution in [-0.4, -0.2) is 22.8 Å². The van der Waals surface area contributed by atoms with Crippen LogP contribution in [0.25, 0.3) is 16.6 Å². The maximum atomic E-state index is 12.3. The van der Waals surface area contributed by atoms with Gasteiger partial charge in [0.1, 0.15) is 11.4 Å². The van der Waals surface area contributed by atoms with E-state index in [0.717, 1.165) is 21.5 Å². The summed E-state index contributed by atoms with van der Waals surface area (Å²) in [5, 5.41) is 10.9. The predicted molar refractivity (Wildman–Crippen MR) is 107 cm³/mol. The lowest BCUT2D eigenvalue weighted by Crippen LogP contribution is -2.07. The minimum absolute atomic E-state index is 0.248. The topological polar surface area (TPSA) is 51.5 Å². The van der Waals surface area contributed by atoms with E-state index < -0.39 is 5.97 Å². The fourth-order valence-electron chi connectivity index (χ4n) is 3.12. The van der Waals surface area contributed by atoms with Crippen LogP contribution < -0.4 is 4.74 Å². The summed E-state index contributed by atoms with van der Waals surface area (Å²) in [5.41, 5.74) is 1.89. The SMILES string of the molecule is COc1ccc2c(c1)c(Sc1ccccc1)c(C(=O)O)n2-c1ccccc1. The summed E-state index contributed by atoms with van der Waals surface area (Å²) in [5.74, 6) is -0.271. The maximum Gasteiger partial charge on any atom is 0.354 e. The van der Waals surface area contributed by atoms with Gasteiger partial charge in [-0.1, -0.05) is 48.2 Å². The molecule has 0 aliphatic heterocycles. The van der Waals surface area contributed by atoms with Crippen LogP contribution in [-0.2, 0) is 0 Å². The van der Waals surface area contributed by atoms with Crippen molar-refractivity contribution >= 4 is 28.6 Å². The molecular weight excluding hydrogens is 358 g/mol. The second-order valence-electron chi connectivity index (χ2n) is 5.95. The van der Waals surface area contributed by atoms with Gasteiger partial charge in [0.2, 0.25) is 0 Å². The summed E-state index contributed by atoms with van der Waals surface area (Å²) >= 11 is 1.45. The normalized spacial score (nSPS) is 10.9. The average Bonchev–Trinajstić information content (AvgIpc) is 3.03. The summed E-state index contributed by atoms with van der Waals surface area (Å²) in [6.45, 7) is 0. The second-order valence-corrected chi connectivity index (χ2v) is 7.04. The van der Waals surface area contributed by atoms with E-state index in [4.69, 9.17) is 4.74 Å². The van der Waals surface area contributed by atoms with Gasteiger partial charge in [-0.25, -0.2) is 4.79 Å². The van der Waals surface area contributed by atoms with Crippen molar-refractivity contribution < 1.29 is 14.6 Å². The fourth-order valence-corrected chi connectivity index (χ4v) is 4.19. The molecule has 4 rings (SSSR count). The standard InChI is InChI=1S/C22H17NO3S/c1-26-16-12-13-19-18(14-16)21(27-17-10-6-3-7-11-17)20(22(24)25)23(19)15-8-4-2-5-9-15/h2-14H,1H3,(H,24,25). The van der Waals surface area contributed by atoms with E-state index >= 15 is 0 Å². The molecule has 5 heteroatoms. The summed E-state index contributed by atoms with van der Waals surface area (Å²) in [7, 11) is 1.61. The number of benzene rings is 3. The number of para-hydroxylation sites is 1. The number of fused-ring (bicyclic) bond motifs is 1. The molecule has 0 amide bonds. The highest BCUT2D eigenvalue weighted by atomic mass is 32.2. The smallest absolute Gasteiger partial charge is 0.354 e. The van der Waals surface area contributed by atoms with Crippen LogP contribution >= 0.6 is 11.8 Å². The zero-order valence-electron chi connectivity index (χ0n) is 14.6. The number of carboxylic acids is 1. The zero-order chi connectivity index (χ0) is 18.8. The third-order valence-electron chi connectivity index (χ3n) is 4.31. The van der Waals surface area contributed by atoms with Gasteiger partial charge in [-0.15, -0.1) is 0 Å². The van der Waals surface area contributed by atoms with Crippen LogP contribution in [0.1, 0.15) is 10.5 Å². The number of methoxy groups -OCH3 is 1. The Balaban J connectivity index is 2.04. The molecule has 0 saturated heterocycles. The van der Waals surface area contributed by atoms with E-state index in [0.29, 0.717) is 10.6 Å². The number of nitrogens with zero attached hydrogens (tertiary/aromatic N) is 1. The Hall–Kier alpha value is -3.18. The van der Waals surface area contributed by atoms with E-state index in [1.54, 1.807) is 11.7 Å². The second kappa shape index (κ2) is 7.21. The molecule has 1 N–H and O–H groups in total. The molecule has 4 aromatic rings. The van der Waals surface area contributed by atoms with E-state index in [9.17, 15) is 9.90 Å². The molecule has 1 heterocycles. The first kappa shape index (κ1) is 17.2. The van der Waals surface area contributed by atoms with Crippen LogP contribution in [0.15, 0.2) is 88.7 Å². The largest absolute Gasteiger partial charge is 0.497 e. The van der Waals surface area contributed by atoms with Crippen LogP contribution in [0.2, 0.25) is 0 Å². The summed E-state index contributed by atoms with van der Waals surface area (Å²) in [6.07, 6.45) is 0. The molecule has 3 aromatic carbocycles. The Bertz CT molecular complexity index is 1100. The lowest BCUT2D eigenvalue weighted by Gasteiger charge is -2.09. The summed E-state index contributed by atoms with van der Waals surface area (Å²) in [6, 6.07) is 25.0. The first-order chi connectivity index (χ1) is 13.2. The molecule has 134 valence electrons. The van der Waals surface area contributed by atoms with Crippen molar-refractivity contribution in [2.75, 3.05) is 7.11 Å². The fraction of sp³-hybridized carbons (Fsp3) is 0.0455. The Morgan fingerprint density at radius 1 is 0.963 bits per heavy atom. The monoisotopic (exact) mass is 375 g/mol. The summed E-state index contributed by atoms with van der Waals surface area (Å²) < 4.78 is 7.17. The number of aromatic nitrogens is 1. The van der Waals surface area contributed by atoms with Crippen LogP contribution in [0.3, 0.4) is 0 Å². The van der Waals surface area contributed by atoms with Gasteiger partial charge in [0.25, 0.3) is 0 Å². The molecule has 0 aliphatic carbocycles. The molecule has 27 heavy (non-hydrogen) atoms. The number of hydrogen-bond acceptors (Lipinski definition) is 3. The summed E-state index contributed by atoms with van der Waals surface area (Å²) in [4.78, 5) is 13.9. The Morgan fingerprint density at radius 3 is 2.26 bits per heavy atom. The minimum Gasteiger partial charge on any atom is -0.497 e. The molecular formula is C22H17NO3S. The van der Waals surface area contributed by atoms with Gasteiger partial charge in [0, 0.05) is 16.0 Å². The lowest BCUT2D eigenvalue weighted by molar-refractivity contribution is 0.0684. The van der Waals surface area contributed by atoms with Gasteiger partial charge in [0.05, 0.1) is 17.5 Å². The average molecular weight is 375 g/mol. The van der Waals surface area contributed by atoms with E-state index in [2.05, 4.69) is 0 Å². The van der Waals surface area contributed by atoms with Crippen molar-refractivity contribution in [3.8, 4) is 11.4 Å². The molecule has 0 saturated carbocycles. The van der Waals surface area contributed by atoms with Crippen molar-refractivity contribution in [2.24, 2.45) is 0 Å². The highest BCUT2D eigenvalue weighted by Gasteiger charge is 2.24. The molecule has 0 atom stereocenters. The molecule has 4 nitrogen and oxygen atoms in total. The molecule has 0 fully saturated rings. The van der Waals surface area contributed by atoms with Crippen molar-refractivity contribution in [1.82, 2.24) is 4.57 Å². The number of aromatic carboxylic acids is 1. The van der Waals surface area contributed by atoms with Crippen molar-refractivity contribution in [1.29, 1.82) is 0 Å². The van der Waals surface area contributed by atoms with Gasteiger partial charge < -0.3 is 14.4 Å².